The van der Waals surface area contributed by atoms with Crippen molar-refractivity contribution in [2.75, 3.05) is 7.11 Å². The number of esters is 1. The van der Waals surface area contributed by atoms with E-state index in [1.54, 1.807) is 26.0 Å². The van der Waals surface area contributed by atoms with Crippen molar-refractivity contribution in [3.05, 3.63) is 47.5 Å². The number of nitrogens with one attached hydrogen (secondary N) is 1. The Morgan fingerprint density at radius 1 is 1.14 bits per heavy atom. The summed E-state index contributed by atoms with van der Waals surface area (Å²) < 4.78 is 21.5. The van der Waals surface area contributed by atoms with Gasteiger partial charge in [0.15, 0.2) is 23.0 Å². The highest BCUT2D eigenvalue weighted by molar-refractivity contribution is 5.99. The van der Waals surface area contributed by atoms with Gasteiger partial charge < -0.3 is 24.1 Å². The predicted molar refractivity (Wildman–Crippen MR) is 103 cm³/mol. The van der Waals surface area contributed by atoms with Gasteiger partial charge in [-0.1, -0.05) is 6.07 Å². The SMILES string of the molecule is COc1cc(C=CC(=O)Oc2cc3c(cc2C(=O)NN)OC(C)(C)O3)ccc1O. The topological polar surface area (TPSA) is 129 Å². The summed E-state index contributed by atoms with van der Waals surface area (Å²) in [5.74, 6) is 3.78. The molecule has 9 heteroatoms. The quantitative estimate of drug-likeness (QED) is 0.174. The van der Waals surface area contributed by atoms with E-state index in [0.717, 1.165) is 0 Å². The highest BCUT2D eigenvalue weighted by atomic mass is 16.7. The van der Waals surface area contributed by atoms with E-state index in [2.05, 4.69) is 0 Å². The number of benzene rings is 2. The lowest BCUT2D eigenvalue weighted by Gasteiger charge is -2.16. The number of methoxy groups -OCH3 is 1. The van der Waals surface area contributed by atoms with Crippen LogP contribution < -0.4 is 30.2 Å². The first-order valence-electron chi connectivity index (χ1n) is 8.56. The standard InChI is InChI=1S/C20H20N2O7/c1-20(2)28-16-9-12(19(25)22-21)14(10-17(16)29-20)27-18(24)7-5-11-4-6-13(23)15(8-11)26-3/h4-10,23H,21H2,1-3H3,(H,22,25). The van der Waals surface area contributed by atoms with Gasteiger partial charge >= 0.3 is 5.97 Å². The predicted octanol–water partition coefficient (Wildman–Crippen LogP) is 2.13. The Morgan fingerprint density at radius 2 is 1.83 bits per heavy atom. The van der Waals surface area contributed by atoms with Crippen LogP contribution in [0.4, 0.5) is 0 Å². The fourth-order valence-corrected chi connectivity index (χ4v) is 2.70. The number of phenols is 1. The molecule has 0 radical (unpaired) electrons. The van der Waals surface area contributed by atoms with Gasteiger partial charge in [0.05, 0.1) is 12.7 Å². The molecule has 0 unspecified atom stereocenters. The van der Waals surface area contributed by atoms with Crippen LogP contribution in [-0.4, -0.2) is 29.9 Å². The van der Waals surface area contributed by atoms with Crippen LogP contribution >= 0.6 is 0 Å². The summed E-state index contributed by atoms with van der Waals surface area (Å²) in [6.45, 7) is 3.41. The van der Waals surface area contributed by atoms with Gasteiger partial charge in [0.2, 0.25) is 5.79 Å². The third-order valence-corrected chi connectivity index (χ3v) is 3.96. The number of phenolic OH excluding ortho intramolecular Hbond substituents is 1. The second kappa shape index (κ2) is 7.72. The number of nitrogens with two attached hydrogens (primary N) is 1. The smallest absolute Gasteiger partial charge is 0.336 e. The average Bonchev–Trinajstić information content (AvgIpc) is 2.98. The van der Waals surface area contributed by atoms with Gasteiger partial charge in [-0.05, 0) is 23.8 Å². The first kappa shape index (κ1) is 20.0. The molecule has 0 aliphatic carbocycles. The zero-order valence-electron chi connectivity index (χ0n) is 16.0. The molecule has 1 amide bonds. The molecule has 1 heterocycles. The minimum atomic E-state index is -0.917. The third-order valence-electron chi connectivity index (χ3n) is 3.96. The van der Waals surface area contributed by atoms with Crippen LogP contribution in [0.3, 0.4) is 0 Å². The number of carbonyl (C=O) groups excluding carboxylic acids is 2. The Balaban J connectivity index is 1.83. The second-order valence-corrected chi connectivity index (χ2v) is 6.56. The van der Waals surface area contributed by atoms with E-state index in [9.17, 15) is 14.7 Å². The van der Waals surface area contributed by atoms with Crippen molar-refractivity contribution in [3.63, 3.8) is 0 Å². The van der Waals surface area contributed by atoms with E-state index < -0.39 is 17.7 Å². The largest absolute Gasteiger partial charge is 0.504 e. The lowest BCUT2D eigenvalue weighted by atomic mass is 10.1. The molecule has 0 saturated carbocycles. The van der Waals surface area contributed by atoms with Gasteiger partial charge in [-0.2, -0.15) is 0 Å². The third kappa shape index (κ3) is 4.41. The second-order valence-electron chi connectivity index (χ2n) is 6.56. The number of hydrogen-bond acceptors (Lipinski definition) is 8. The number of hydrazine groups is 1. The molecule has 2 aromatic carbocycles. The molecular formula is C20H20N2O7. The lowest BCUT2D eigenvalue weighted by molar-refractivity contribution is -0.128. The molecule has 0 bridgehead atoms. The molecule has 29 heavy (non-hydrogen) atoms. The Morgan fingerprint density at radius 3 is 2.48 bits per heavy atom. The molecule has 1 aliphatic heterocycles. The summed E-state index contributed by atoms with van der Waals surface area (Å²) in [7, 11) is 1.42. The maximum absolute atomic E-state index is 12.3. The van der Waals surface area contributed by atoms with Crippen LogP contribution in [0.2, 0.25) is 0 Å². The number of fused-ring (bicyclic) bond motifs is 1. The van der Waals surface area contributed by atoms with Crippen molar-refractivity contribution in [3.8, 4) is 28.7 Å². The van der Waals surface area contributed by atoms with Crippen molar-refractivity contribution in [1.29, 1.82) is 0 Å². The summed E-state index contributed by atoms with van der Waals surface area (Å²) in [5.41, 5.74) is 2.62. The van der Waals surface area contributed by atoms with Gasteiger partial charge in [0, 0.05) is 32.1 Å². The van der Waals surface area contributed by atoms with Gasteiger partial charge in [-0.3, -0.25) is 10.2 Å². The number of aromatic hydroxyl groups is 1. The number of amides is 1. The van der Waals surface area contributed by atoms with Crippen LogP contribution in [0.5, 0.6) is 28.7 Å². The van der Waals surface area contributed by atoms with Crippen LogP contribution in [-0.2, 0) is 4.79 Å². The van der Waals surface area contributed by atoms with Crippen molar-refractivity contribution in [2.45, 2.75) is 19.6 Å². The fourth-order valence-electron chi connectivity index (χ4n) is 2.70. The highest BCUT2D eigenvalue weighted by Crippen LogP contribution is 2.43. The van der Waals surface area contributed by atoms with Gasteiger partial charge in [0.25, 0.3) is 5.91 Å². The molecule has 9 nitrogen and oxygen atoms in total. The fraction of sp³-hybridized carbons (Fsp3) is 0.200. The minimum Gasteiger partial charge on any atom is -0.504 e. The summed E-state index contributed by atoms with van der Waals surface area (Å²) >= 11 is 0. The molecule has 0 aromatic heterocycles. The Bertz CT molecular complexity index is 999. The molecule has 0 spiro atoms. The van der Waals surface area contributed by atoms with Crippen molar-refractivity contribution < 1.29 is 33.6 Å². The molecule has 2 aromatic rings. The van der Waals surface area contributed by atoms with E-state index in [-0.39, 0.29) is 22.8 Å². The Kier molecular flexibility index (Phi) is 5.33. The highest BCUT2D eigenvalue weighted by Gasteiger charge is 2.34. The average molecular weight is 400 g/mol. The van der Waals surface area contributed by atoms with Crippen LogP contribution in [0.1, 0.15) is 29.8 Å². The summed E-state index contributed by atoms with van der Waals surface area (Å²) in [5, 5.41) is 9.62. The van der Waals surface area contributed by atoms with Crippen LogP contribution in [0, 0.1) is 0 Å². The molecule has 0 saturated heterocycles. The lowest BCUT2D eigenvalue weighted by Crippen LogP contribution is -2.30. The Labute approximate surface area is 166 Å². The van der Waals surface area contributed by atoms with Gasteiger partial charge in [-0.15, -0.1) is 0 Å². The van der Waals surface area contributed by atoms with E-state index >= 15 is 0 Å². The van der Waals surface area contributed by atoms with Crippen molar-refractivity contribution >= 4 is 18.0 Å². The van der Waals surface area contributed by atoms with E-state index in [1.165, 1.54) is 37.5 Å². The zero-order valence-corrected chi connectivity index (χ0v) is 16.0. The van der Waals surface area contributed by atoms with Gasteiger partial charge in [0.1, 0.15) is 5.75 Å². The number of hydrogen-bond donors (Lipinski definition) is 3. The first-order valence-corrected chi connectivity index (χ1v) is 8.56. The monoisotopic (exact) mass is 400 g/mol. The zero-order chi connectivity index (χ0) is 21.2. The maximum Gasteiger partial charge on any atom is 0.336 e. The molecule has 3 rings (SSSR count). The number of carbonyl (C=O) groups is 2. The molecular weight excluding hydrogens is 380 g/mol. The summed E-state index contributed by atoms with van der Waals surface area (Å²) in [4.78, 5) is 24.4. The molecule has 1 aliphatic rings. The van der Waals surface area contributed by atoms with Gasteiger partial charge in [-0.25, -0.2) is 10.6 Å². The van der Waals surface area contributed by atoms with Crippen LogP contribution in [0.25, 0.3) is 6.08 Å². The number of nitrogen functional groups attached to an aromatic ring is 1. The van der Waals surface area contributed by atoms with Crippen molar-refractivity contribution in [2.24, 2.45) is 5.84 Å². The van der Waals surface area contributed by atoms with Crippen LogP contribution in [0.15, 0.2) is 36.4 Å². The molecule has 0 fully saturated rings. The van der Waals surface area contributed by atoms with E-state index in [0.29, 0.717) is 17.1 Å². The first-order chi connectivity index (χ1) is 13.7. The maximum atomic E-state index is 12.3. The number of ether oxygens (including phenoxy) is 4. The molecule has 152 valence electrons. The normalized spacial score (nSPS) is 13.9. The number of rotatable bonds is 5. The molecule has 4 N–H and O–H groups in total. The molecule has 0 atom stereocenters. The summed E-state index contributed by atoms with van der Waals surface area (Å²) in [6.07, 6.45) is 2.65. The Hall–Kier alpha value is -3.72. The minimum absolute atomic E-state index is 0.0144. The summed E-state index contributed by atoms with van der Waals surface area (Å²) in [6, 6.07) is 7.37. The van der Waals surface area contributed by atoms with E-state index in [1.807, 2.05) is 5.43 Å². The van der Waals surface area contributed by atoms with E-state index in [4.69, 9.17) is 24.8 Å². The van der Waals surface area contributed by atoms with Crippen molar-refractivity contribution in [1.82, 2.24) is 5.43 Å².